The van der Waals surface area contributed by atoms with Crippen molar-refractivity contribution in [1.29, 1.82) is 0 Å². The van der Waals surface area contributed by atoms with E-state index in [1.165, 1.54) is 39.5 Å². The van der Waals surface area contributed by atoms with Crippen molar-refractivity contribution in [1.82, 2.24) is 14.1 Å². The predicted octanol–water partition coefficient (Wildman–Crippen LogP) is 2.87. The Balaban J connectivity index is 1.82. The van der Waals surface area contributed by atoms with Crippen LogP contribution in [0.1, 0.15) is 33.3 Å². The molecule has 0 unspecified atom stereocenters. The van der Waals surface area contributed by atoms with Crippen LogP contribution in [0, 0.1) is 6.92 Å². The highest BCUT2D eigenvalue weighted by Crippen LogP contribution is 2.29. The van der Waals surface area contributed by atoms with E-state index < -0.39 is 21.9 Å². The standard InChI is InChI=1S/C23H26N4O6S/c1-6-33-23(29)19-14-24-27(15(19)2)18-10-7-16(8-11-18)22(28)25-17-9-12-20(32-5)21(13-17)34(30,31)26(3)4/h7-14H,6H2,1-5H3,(H,25,28). The number of sulfonamides is 1. The maximum absolute atomic E-state index is 12.8. The van der Waals surface area contributed by atoms with Crippen LogP contribution in [0.15, 0.2) is 53.6 Å². The van der Waals surface area contributed by atoms with E-state index in [9.17, 15) is 18.0 Å². The number of amides is 1. The second kappa shape index (κ2) is 10.1. The lowest BCUT2D eigenvalue weighted by atomic mass is 10.2. The van der Waals surface area contributed by atoms with Crippen LogP contribution in [0.5, 0.6) is 5.75 Å². The van der Waals surface area contributed by atoms with Gasteiger partial charge in [0.15, 0.2) is 0 Å². The number of carbonyl (C=O) groups excluding carboxylic acids is 2. The average Bonchev–Trinajstić information content (AvgIpc) is 3.20. The van der Waals surface area contributed by atoms with Gasteiger partial charge in [0, 0.05) is 25.3 Å². The molecule has 1 amide bonds. The minimum absolute atomic E-state index is 0.0558. The molecule has 3 aromatic rings. The zero-order chi connectivity index (χ0) is 25.0. The molecule has 11 heteroatoms. The Morgan fingerprint density at radius 1 is 1.12 bits per heavy atom. The largest absolute Gasteiger partial charge is 0.495 e. The van der Waals surface area contributed by atoms with Gasteiger partial charge in [0.05, 0.1) is 31.3 Å². The summed E-state index contributed by atoms with van der Waals surface area (Å²) in [5.41, 5.74) is 2.30. The Bertz CT molecular complexity index is 1310. The number of nitrogens with one attached hydrogen (secondary N) is 1. The molecule has 2 aromatic carbocycles. The minimum Gasteiger partial charge on any atom is -0.495 e. The molecule has 0 saturated heterocycles. The normalized spacial score (nSPS) is 11.4. The molecule has 0 spiro atoms. The van der Waals surface area contributed by atoms with E-state index in [0.717, 1.165) is 4.31 Å². The fraction of sp³-hybridized carbons (Fsp3) is 0.261. The van der Waals surface area contributed by atoms with Gasteiger partial charge >= 0.3 is 5.97 Å². The maximum Gasteiger partial charge on any atom is 0.341 e. The number of nitrogens with zero attached hydrogens (tertiary/aromatic N) is 3. The van der Waals surface area contributed by atoms with Crippen LogP contribution in [0.4, 0.5) is 5.69 Å². The molecular formula is C23H26N4O6S. The number of ether oxygens (including phenoxy) is 2. The maximum atomic E-state index is 12.8. The summed E-state index contributed by atoms with van der Waals surface area (Å²) in [6, 6.07) is 11.0. The van der Waals surface area contributed by atoms with Crippen LogP contribution in [-0.2, 0) is 14.8 Å². The van der Waals surface area contributed by atoms with Crippen molar-refractivity contribution in [2.24, 2.45) is 0 Å². The molecule has 1 N–H and O–H groups in total. The van der Waals surface area contributed by atoms with Gasteiger partial charge in [-0.1, -0.05) is 0 Å². The Morgan fingerprint density at radius 3 is 2.38 bits per heavy atom. The fourth-order valence-corrected chi connectivity index (χ4v) is 4.26. The van der Waals surface area contributed by atoms with E-state index in [4.69, 9.17) is 9.47 Å². The van der Waals surface area contributed by atoms with E-state index in [1.54, 1.807) is 48.9 Å². The van der Waals surface area contributed by atoms with Crippen LogP contribution in [0.2, 0.25) is 0 Å². The molecule has 1 aromatic heterocycles. The van der Waals surface area contributed by atoms with Crippen LogP contribution in [0.3, 0.4) is 0 Å². The van der Waals surface area contributed by atoms with Crippen LogP contribution in [-0.4, -0.2) is 62.2 Å². The van der Waals surface area contributed by atoms with Crippen molar-refractivity contribution in [3.8, 4) is 11.4 Å². The zero-order valence-electron chi connectivity index (χ0n) is 19.5. The summed E-state index contributed by atoms with van der Waals surface area (Å²) in [6.07, 6.45) is 1.44. The first-order chi connectivity index (χ1) is 16.1. The Hall–Kier alpha value is -3.70. The molecule has 0 fully saturated rings. The molecular weight excluding hydrogens is 460 g/mol. The molecule has 0 radical (unpaired) electrons. The Kier molecular flexibility index (Phi) is 7.38. The second-order valence-electron chi connectivity index (χ2n) is 7.43. The van der Waals surface area contributed by atoms with Crippen LogP contribution >= 0.6 is 0 Å². The smallest absolute Gasteiger partial charge is 0.341 e. The number of aromatic nitrogens is 2. The molecule has 180 valence electrons. The summed E-state index contributed by atoms with van der Waals surface area (Å²) in [5.74, 6) is -0.695. The van der Waals surface area contributed by atoms with Crippen LogP contribution in [0.25, 0.3) is 5.69 Å². The van der Waals surface area contributed by atoms with Gasteiger partial charge in [-0.3, -0.25) is 4.79 Å². The molecule has 3 rings (SSSR count). The average molecular weight is 487 g/mol. The number of hydrogen-bond donors (Lipinski definition) is 1. The Labute approximate surface area is 198 Å². The summed E-state index contributed by atoms with van der Waals surface area (Å²) in [7, 11) is 0.430. The molecule has 0 saturated carbocycles. The second-order valence-corrected chi connectivity index (χ2v) is 9.55. The highest BCUT2D eigenvalue weighted by Gasteiger charge is 2.23. The summed E-state index contributed by atoms with van der Waals surface area (Å²) >= 11 is 0. The van der Waals surface area contributed by atoms with Crippen molar-refractivity contribution in [3.63, 3.8) is 0 Å². The molecule has 34 heavy (non-hydrogen) atoms. The zero-order valence-corrected chi connectivity index (χ0v) is 20.3. The number of rotatable bonds is 8. The van der Waals surface area contributed by atoms with Gasteiger partial charge in [-0.25, -0.2) is 22.2 Å². The number of methoxy groups -OCH3 is 1. The lowest BCUT2D eigenvalue weighted by Gasteiger charge is -2.16. The quantitative estimate of drug-likeness (QED) is 0.486. The van der Waals surface area contributed by atoms with Crippen LogP contribution < -0.4 is 10.1 Å². The summed E-state index contributed by atoms with van der Waals surface area (Å²) in [4.78, 5) is 24.7. The molecule has 0 aliphatic rings. The Morgan fingerprint density at radius 2 is 1.79 bits per heavy atom. The highest BCUT2D eigenvalue weighted by atomic mass is 32.2. The third-order valence-corrected chi connectivity index (χ3v) is 6.90. The summed E-state index contributed by atoms with van der Waals surface area (Å²) in [5, 5.41) is 6.94. The van der Waals surface area contributed by atoms with E-state index in [1.807, 2.05) is 0 Å². The molecule has 0 aliphatic heterocycles. The predicted molar refractivity (Wildman–Crippen MR) is 126 cm³/mol. The third-order valence-electron chi connectivity index (χ3n) is 5.06. The van der Waals surface area contributed by atoms with Gasteiger partial charge in [-0.2, -0.15) is 5.10 Å². The number of anilines is 1. The van der Waals surface area contributed by atoms with Gasteiger partial charge in [0.1, 0.15) is 16.2 Å². The van der Waals surface area contributed by atoms with E-state index in [-0.39, 0.29) is 17.3 Å². The third kappa shape index (κ3) is 4.95. The molecule has 0 aliphatic carbocycles. The van der Waals surface area contributed by atoms with Crippen molar-refractivity contribution >= 4 is 27.6 Å². The molecule has 0 atom stereocenters. The fourth-order valence-electron chi connectivity index (χ4n) is 3.19. The van der Waals surface area contributed by atoms with Gasteiger partial charge in [0.2, 0.25) is 10.0 Å². The monoisotopic (exact) mass is 486 g/mol. The van der Waals surface area contributed by atoms with Crippen molar-refractivity contribution in [2.75, 3.05) is 33.1 Å². The first-order valence-corrected chi connectivity index (χ1v) is 11.8. The molecule has 1 heterocycles. The molecule has 0 bridgehead atoms. The molecule has 10 nitrogen and oxygen atoms in total. The van der Waals surface area contributed by atoms with Gasteiger partial charge in [0.25, 0.3) is 5.91 Å². The van der Waals surface area contributed by atoms with Crippen molar-refractivity contribution < 1.29 is 27.5 Å². The lowest BCUT2D eigenvalue weighted by molar-refractivity contribution is 0.0525. The van der Waals surface area contributed by atoms with Gasteiger partial charge < -0.3 is 14.8 Å². The van der Waals surface area contributed by atoms with E-state index in [2.05, 4.69) is 10.4 Å². The van der Waals surface area contributed by atoms with Crippen molar-refractivity contribution in [3.05, 3.63) is 65.5 Å². The lowest BCUT2D eigenvalue weighted by Crippen LogP contribution is -2.23. The number of hydrogen-bond acceptors (Lipinski definition) is 7. The summed E-state index contributed by atoms with van der Waals surface area (Å²) in [6.45, 7) is 3.75. The first-order valence-electron chi connectivity index (χ1n) is 10.3. The topological polar surface area (TPSA) is 120 Å². The van der Waals surface area contributed by atoms with Gasteiger partial charge in [-0.05, 0) is 56.3 Å². The SMILES string of the molecule is CCOC(=O)c1cnn(-c2ccc(C(=O)Nc3ccc(OC)c(S(=O)(=O)N(C)C)c3)cc2)c1C. The number of esters is 1. The highest BCUT2D eigenvalue weighted by molar-refractivity contribution is 7.89. The number of carbonyl (C=O) groups is 2. The van der Waals surface area contributed by atoms with E-state index >= 15 is 0 Å². The van der Waals surface area contributed by atoms with Gasteiger partial charge in [-0.15, -0.1) is 0 Å². The first kappa shape index (κ1) is 24.9. The van der Waals surface area contributed by atoms with E-state index in [0.29, 0.717) is 28.2 Å². The van der Waals surface area contributed by atoms with Crippen molar-refractivity contribution in [2.45, 2.75) is 18.7 Å². The minimum atomic E-state index is -3.78. The number of benzene rings is 2. The summed E-state index contributed by atoms with van der Waals surface area (Å²) < 4.78 is 38.0.